The molecular formula is C15H18FNO3. The molecule has 1 heterocycles. The van der Waals surface area contributed by atoms with Crippen molar-refractivity contribution in [3.8, 4) is 0 Å². The Hall–Kier alpha value is -1.91. The predicted molar refractivity (Wildman–Crippen MR) is 71.8 cm³/mol. The Labute approximate surface area is 117 Å². The van der Waals surface area contributed by atoms with Crippen LogP contribution in [0.15, 0.2) is 24.3 Å². The van der Waals surface area contributed by atoms with E-state index in [0.29, 0.717) is 13.0 Å². The second-order valence-corrected chi connectivity index (χ2v) is 5.24. The van der Waals surface area contributed by atoms with Gasteiger partial charge in [-0.1, -0.05) is 19.1 Å². The number of benzene rings is 1. The molecule has 20 heavy (non-hydrogen) atoms. The maximum atomic E-state index is 13.2. The number of likely N-dealkylation sites (tertiary alicyclic amines) is 1. The standard InChI is InChI=1S/C15H18FNO3/c1-10(11-4-2-5-12(16)9-11)8-14(18)17-7-3-6-13(17)15(19)20/h2,4-5,9-10,13H,3,6-8H2,1H3,(H,19,20)/t10?,13-/m0/s1. The van der Waals surface area contributed by atoms with Crippen LogP contribution in [0.1, 0.15) is 37.7 Å². The molecule has 2 atom stereocenters. The summed E-state index contributed by atoms with van der Waals surface area (Å²) in [7, 11) is 0. The maximum absolute atomic E-state index is 13.2. The van der Waals surface area contributed by atoms with E-state index in [2.05, 4.69) is 0 Å². The molecule has 1 amide bonds. The molecule has 0 radical (unpaired) electrons. The lowest BCUT2D eigenvalue weighted by Crippen LogP contribution is -2.40. The van der Waals surface area contributed by atoms with Gasteiger partial charge in [0.25, 0.3) is 0 Å². The van der Waals surface area contributed by atoms with Crippen LogP contribution in [0.5, 0.6) is 0 Å². The summed E-state index contributed by atoms with van der Waals surface area (Å²) < 4.78 is 13.2. The van der Waals surface area contributed by atoms with Gasteiger partial charge < -0.3 is 10.0 Å². The summed E-state index contributed by atoms with van der Waals surface area (Å²) in [4.78, 5) is 24.7. The van der Waals surface area contributed by atoms with Crippen LogP contribution in [0, 0.1) is 5.82 Å². The van der Waals surface area contributed by atoms with Crippen molar-refractivity contribution in [2.45, 2.75) is 38.1 Å². The number of halogens is 1. The number of carbonyl (C=O) groups is 2. The van der Waals surface area contributed by atoms with Crippen LogP contribution in [0.3, 0.4) is 0 Å². The molecule has 1 aliphatic heterocycles. The molecular weight excluding hydrogens is 261 g/mol. The Morgan fingerprint density at radius 2 is 2.25 bits per heavy atom. The van der Waals surface area contributed by atoms with Crippen molar-refractivity contribution in [1.29, 1.82) is 0 Å². The van der Waals surface area contributed by atoms with Crippen LogP contribution < -0.4 is 0 Å². The number of carboxylic acids is 1. The Kier molecular flexibility index (Phi) is 4.37. The second kappa shape index (κ2) is 6.03. The molecule has 1 fully saturated rings. The van der Waals surface area contributed by atoms with E-state index in [9.17, 15) is 14.0 Å². The molecule has 0 bridgehead atoms. The number of rotatable bonds is 4. The Bertz CT molecular complexity index is 518. The summed E-state index contributed by atoms with van der Waals surface area (Å²) in [6.07, 6.45) is 1.43. The third-order valence-electron chi connectivity index (χ3n) is 3.76. The number of hydrogen-bond donors (Lipinski definition) is 1. The zero-order valence-corrected chi connectivity index (χ0v) is 11.4. The second-order valence-electron chi connectivity index (χ2n) is 5.24. The minimum absolute atomic E-state index is 0.131. The summed E-state index contributed by atoms with van der Waals surface area (Å²) >= 11 is 0. The van der Waals surface area contributed by atoms with Gasteiger partial charge in [-0.25, -0.2) is 9.18 Å². The molecule has 5 heteroatoms. The Balaban J connectivity index is 2.02. The van der Waals surface area contributed by atoms with Gasteiger partial charge in [0.05, 0.1) is 0 Å². The van der Waals surface area contributed by atoms with Crippen molar-refractivity contribution in [2.75, 3.05) is 6.54 Å². The lowest BCUT2D eigenvalue weighted by Gasteiger charge is -2.23. The van der Waals surface area contributed by atoms with Crippen molar-refractivity contribution < 1.29 is 19.1 Å². The first-order chi connectivity index (χ1) is 9.49. The van der Waals surface area contributed by atoms with Crippen molar-refractivity contribution in [2.24, 2.45) is 0 Å². The number of amides is 1. The van der Waals surface area contributed by atoms with E-state index < -0.39 is 12.0 Å². The molecule has 1 aliphatic rings. The largest absolute Gasteiger partial charge is 0.480 e. The van der Waals surface area contributed by atoms with Gasteiger partial charge in [-0.15, -0.1) is 0 Å². The van der Waals surface area contributed by atoms with Gasteiger partial charge in [0, 0.05) is 13.0 Å². The molecule has 1 N–H and O–H groups in total. The summed E-state index contributed by atoms with van der Waals surface area (Å²) in [6.45, 7) is 2.34. The number of carbonyl (C=O) groups excluding carboxylic acids is 1. The summed E-state index contributed by atoms with van der Waals surface area (Å²) in [6, 6.07) is 5.46. The van der Waals surface area contributed by atoms with Crippen molar-refractivity contribution in [1.82, 2.24) is 4.90 Å². The van der Waals surface area contributed by atoms with Crippen LogP contribution >= 0.6 is 0 Å². The molecule has 0 aliphatic carbocycles. The summed E-state index contributed by atoms with van der Waals surface area (Å²) in [5, 5.41) is 9.08. The van der Waals surface area contributed by atoms with Gasteiger partial charge in [0.15, 0.2) is 0 Å². The van der Waals surface area contributed by atoms with Crippen molar-refractivity contribution >= 4 is 11.9 Å². The van der Waals surface area contributed by atoms with Gasteiger partial charge in [0.1, 0.15) is 11.9 Å². The first kappa shape index (κ1) is 14.5. The molecule has 108 valence electrons. The molecule has 0 aromatic heterocycles. The number of hydrogen-bond acceptors (Lipinski definition) is 2. The van der Waals surface area contributed by atoms with E-state index in [1.54, 1.807) is 12.1 Å². The lowest BCUT2D eigenvalue weighted by atomic mass is 9.97. The van der Waals surface area contributed by atoms with Crippen LogP contribution in [0.4, 0.5) is 4.39 Å². The third-order valence-corrected chi connectivity index (χ3v) is 3.76. The molecule has 1 aromatic carbocycles. The number of carboxylic acid groups (broad SMARTS) is 1. The van der Waals surface area contributed by atoms with Gasteiger partial charge in [-0.2, -0.15) is 0 Å². The number of aliphatic carboxylic acids is 1. The Morgan fingerprint density at radius 1 is 1.50 bits per heavy atom. The SMILES string of the molecule is CC(CC(=O)N1CCC[C@H]1C(=O)O)c1cccc(F)c1. The normalized spacial score (nSPS) is 19.9. The van der Waals surface area contributed by atoms with Gasteiger partial charge in [0.2, 0.25) is 5.91 Å². The van der Waals surface area contributed by atoms with Crippen molar-refractivity contribution in [3.63, 3.8) is 0 Å². The van der Waals surface area contributed by atoms with Gasteiger partial charge >= 0.3 is 5.97 Å². The first-order valence-corrected chi connectivity index (χ1v) is 6.76. The van der Waals surface area contributed by atoms with Crippen LogP contribution in [0.2, 0.25) is 0 Å². The maximum Gasteiger partial charge on any atom is 0.326 e. The van der Waals surface area contributed by atoms with Gasteiger partial charge in [-0.05, 0) is 36.5 Å². The topological polar surface area (TPSA) is 57.6 Å². The van der Waals surface area contributed by atoms with E-state index in [1.165, 1.54) is 17.0 Å². The monoisotopic (exact) mass is 279 g/mol. The van der Waals surface area contributed by atoms with E-state index in [4.69, 9.17) is 5.11 Å². The first-order valence-electron chi connectivity index (χ1n) is 6.76. The average molecular weight is 279 g/mol. The fourth-order valence-electron chi connectivity index (χ4n) is 2.63. The zero-order valence-electron chi connectivity index (χ0n) is 11.4. The minimum atomic E-state index is -0.950. The third kappa shape index (κ3) is 3.15. The molecule has 4 nitrogen and oxygen atoms in total. The average Bonchev–Trinajstić information content (AvgIpc) is 2.88. The fourth-order valence-corrected chi connectivity index (χ4v) is 2.63. The van der Waals surface area contributed by atoms with Crippen molar-refractivity contribution in [3.05, 3.63) is 35.6 Å². The van der Waals surface area contributed by atoms with E-state index in [1.807, 2.05) is 6.92 Å². The zero-order chi connectivity index (χ0) is 14.7. The fraction of sp³-hybridized carbons (Fsp3) is 0.467. The molecule has 2 rings (SSSR count). The molecule has 1 aromatic rings. The number of nitrogens with zero attached hydrogens (tertiary/aromatic N) is 1. The van der Waals surface area contributed by atoms with E-state index >= 15 is 0 Å². The van der Waals surface area contributed by atoms with E-state index in [0.717, 1.165) is 12.0 Å². The smallest absolute Gasteiger partial charge is 0.326 e. The van der Waals surface area contributed by atoms with E-state index in [-0.39, 0.29) is 24.1 Å². The minimum Gasteiger partial charge on any atom is -0.480 e. The quantitative estimate of drug-likeness (QED) is 0.920. The lowest BCUT2D eigenvalue weighted by molar-refractivity contribution is -0.148. The summed E-state index contributed by atoms with van der Waals surface area (Å²) in [5.41, 5.74) is 0.754. The highest BCUT2D eigenvalue weighted by molar-refractivity contribution is 5.84. The van der Waals surface area contributed by atoms with Crippen LogP contribution in [-0.2, 0) is 9.59 Å². The summed E-state index contributed by atoms with van der Waals surface area (Å²) in [5.74, 6) is -1.58. The van der Waals surface area contributed by atoms with Crippen LogP contribution in [-0.4, -0.2) is 34.5 Å². The molecule has 0 spiro atoms. The highest BCUT2D eigenvalue weighted by Crippen LogP contribution is 2.24. The molecule has 0 saturated carbocycles. The molecule has 1 unspecified atom stereocenters. The Morgan fingerprint density at radius 3 is 2.90 bits per heavy atom. The van der Waals surface area contributed by atoms with Gasteiger partial charge in [-0.3, -0.25) is 4.79 Å². The highest BCUT2D eigenvalue weighted by Gasteiger charge is 2.34. The highest BCUT2D eigenvalue weighted by atomic mass is 19.1. The molecule has 1 saturated heterocycles. The predicted octanol–water partition coefficient (Wildman–Crippen LogP) is 2.39. The van der Waals surface area contributed by atoms with Crippen LogP contribution in [0.25, 0.3) is 0 Å².